The van der Waals surface area contributed by atoms with Gasteiger partial charge in [-0.15, -0.1) is 11.3 Å². The van der Waals surface area contributed by atoms with Gasteiger partial charge in [-0.3, -0.25) is 4.90 Å². The van der Waals surface area contributed by atoms with E-state index < -0.39 is 0 Å². The summed E-state index contributed by atoms with van der Waals surface area (Å²) in [5.74, 6) is 0.845. The highest BCUT2D eigenvalue weighted by Gasteiger charge is 2.19. The molecule has 2 atom stereocenters. The van der Waals surface area contributed by atoms with Crippen molar-refractivity contribution in [2.75, 3.05) is 26.7 Å². The third kappa shape index (κ3) is 2.80. The van der Waals surface area contributed by atoms with Gasteiger partial charge in [-0.2, -0.15) is 0 Å². The van der Waals surface area contributed by atoms with Gasteiger partial charge in [-0.05, 0) is 50.8 Å². The standard InChI is InChI=1S/C12H20N2S/c1-10(12-4-3-7-15-12)14(2)9-11-5-6-13-8-11/h3-4,7,10-11,13H,5-6,8-9H2,1-2H3. The van der Waals surface area contributed by atoms with Crippen molar-refractivity contribution in [1.29, 1.82) is 0 Å². The molecule has 1 fully saturated rings. The lowest BCUT2D eigenvalue weighted by Gasteiger charge is -2.26. The predicted molar refractivity (Wildman–Crippen MR) is 66.3 cm³/mol. The van der Waals surface area contributed by atoms with Crippen LogP contribution in [0, 0.1) is 5.92 Å². The molecule has 15 heavy (non-hydrogen) atoms. The molecule has 0 spiro atoms. The second-order valence-electron chi connectivity index (χ2n) is 4.49. The van der Waals surface area contributed by atoms with Crippen LogP contribution in [0.4, 0.5) is 0 Å². The Balaban J connectivity index is 1.87. The molecular weight excluding hydrogens is 204 g/mol. The summed E-state index contributed by atoms with van der Waals surface area (Å²) in [5, 5.41) is 5.59. The van der Waals surface area contributed by atoms with E-state index in [0.717, 1.165) is 5.92 Å². The lowest BCUT2D eigenvalue weighted by molar-refractivity contribution is 0.229. The molecule has 1 aromatic rings. The summed E-state index contributed by atoms with van der Waals surface area (Å²) < 4.78 is 0. The van der Waals surface area contributed by atoms with Crippen LogP contribution in [0.25, 0.3) is 0 Å². The number of hydrogen-bond acceptors (Lipinski definition) is 3. The smallest absolute Gasteiger partial charge is 0.0410 e. The summed E-state index contributed by atoms with van der Waals surface area (Å²) in [6.07, 6.45) is 1.33. The maximum absolute atomic E-state index is 3.43. The van der Waals surface area contributed by atoms with Crippen LogP contribution in [0.5, 0.6) is 0 Å². The third-order valence-electron chi connectivity index (χ3n) is 3.32. The Kier molecular flexibility index (Phi) is 3.78. The number of nitrogens with zero attached hydrogens (tertiary/aromatic N) is 1. The van der Waals surface area contributed by atoms with Crippen molar-refractivity contribution < 1.29 is 0 Å². The van der Waals surface area contributed by atoms with Gasteiger partial charge in [0.25, 0.3) is 0 Å². The number of rotatable bonds is 4. The van der Waals surface area contributed by atoms with Crippen molar-refractivity contribution in [3.05, 3.63) is 22.4 Å². The summed E-state index contributed by atoms with van der Waals surface area (Å²) in [7, 11) is 2.24. The molecule has 0 aliphatic carbocycles. The monoisotopic (exact) mass is 224 g/mol. The van der Waals surface area contributed by atoms with Crippen LogP contribution < -0.4 is 5.32 Å². The molecule has 0 bridgehead atoms. The molecule has 0 saturated carbocycles. The van der Waals surface area contributed by atoms with Crippen molar-refractivity contribution in [3.63, 3.8) is 0 Å². The van der Waals surface area contributed by atoms with Crippen molar-refractivity contribution in [2.45, 2.75) is 19.4 Å². The molecule has 84 valence electrons. The Morgan fingerprint density at radius 2 is 2.53 bits per heavy atom. The SMILES string of the molecule is CC(c1cccs1)N(C)CC1CCNC1. The molecule has 1 N–H and O–H groups in total. The van der Waals surface area contributed by atoms with E-state index in [1.54, 1.807) is 0 Å². The summed E-state index contributed by atoms with van der Waals surface area (Å²) in [5.41, 5.74) is 0. The Morgan fingerprint density at radius 3 is 3.13 bits per heavy atom. The first kappa shape index (κ1) is 11.1. The van der Waals surface area contributed by atoms with E-state index >= 15 is 0 Å². The zero-order valence-electron chi connectivity index (χ0n) is 9.57. The minimum Gasteiger partial charge on any atom is -0.316 e. The molecule has 1 aromatic heterocycles. The molecule has 1 saturated heterocycles. The first-order chi connectivity index (χ1) is 7.27. The minimum atomic E-state index is 0.561. The van der Waals surface area contributed by atoms with Gasteiger partial charge in [0, 0.05) is 17.5 Å². The normalized spacial score (nSPS) is 23.5. The predicted octanol–water partition coefficient (Wildman–Crippen LogP) is 2.35. The van der Waals surface area contributed by atoms with Crippen molar-refractivity contribution in [1.82, 2.24) is 10.2 Å². The van der Waals surface area contributed by atoms with Crippen LogP contribution in [0.3, 0.4) is 0 Å². The molecule has 3 heteroatoms. The molecule has 2 unspecified atom stereocenters. The first-order valence-corrected chi connectivity index (χ1v) is 6.59. The summed E-state index contributed by atoms with van der Waals surface area (Å²) in [6, 6.07) is 4.94. The second kappa shape index (κ2) is 5.10. The number of nitrogens with one attached hydrogen (secondary N) is 1. The van der Waals surface area contributed by atoms with E-state index in [4.69, 9.17) is 0 Å². The average Bonchev–Trinajstić information content (AvgIpc) is 2.88. The third-order valence-corrected chi connectivity index (χ3v) is 4.37. The highest BCUT2D eigenvalue weighted by atomic mass is 32.1. The van der Waals surface area contributed by atoms with Gasteiger partial charge in [0.05, 0.1) is 0 Å². The van der Waals surface area contributed by atoms with E-state index in [9.17, 15) is 0 Å². The Bertz CT molecular complexity index is 278. The molecular formula is C12H20N2S. The molecule has 2 nitrogen and oxygen atoms in total. The van der Waals surface area contributed by atoms with Crippen LogP contribution in [0.2, 0.25) is 0 Å². The minimum absolute atomic E-state index is 0.561. The number of hydrogen-bond donors (Lipinski definition) is 1. The van der Waals surface area contributed by atoms with Gasteiger partial charge in [0.1, 0.15) is 0 Å². The van der Waals surface area contributed by atoms with Gasteiger partial charge in [0.15, 0.2) is 0 Å². The van der Waals surface area contributed by atoms with Crippen molar-refractivity contribution in [2.24, 2.45) is 5.92 Å². The van der Waals surface area contributed by atoms with E-state index in [1.807, 2.05) is 11.3 Å². The summed E-state index contributed by atoms with van der Waals surface area (Å²) >= 11 is 1.86. The van der Waals surface area contributed by atoms with Crippen molar-refractivity contribution >= 4 is 11.3 Å². The largest absolute Gasteiger partial charge is 0.316 e. The quantitative estimate of drug-likeness (QED) is 0.844. The average molecular weight is 224 g/mol. The Hall–Kier alpha value is -0.380. The zero-order chi connectivity index (χ0) is 10.7. The van der Waals surface area contributed by atoms with E-state index in [1.165, 1.54) is 30.9 Å². The van der Waals surface area contributed by atoms with Crippen molar-refractivity contribution in [3.8, 4) is 0 Å². The molecule has 1 aliphatic heterocycles. The maximum Gasteiger partial charge on any atom is 0.0410 e. The highest BCUT2D eigenvalue weighted by Crippen LogP contribution is 2.24. The molecule has 0 radical (unpaired) electrons. The van der Waals surface area contributed by atoms with Crippen LogP contribution >= 0.6 is 11.3 Å². The van der Waals surface area contributed by atoms with Gasteiger partial charge < -0.3 is 5.32 Å². The summed E-state index contributed by atoms with van der Waals surface area (Å²) in [4.78, 5) is 3.95. The van der Waals surface area contributed by atoms with E-state index in [-0.39, 0.29) is 0 Å². The molecule has 2 rings (SSSR count). The fourth-order valence-electron chi connectivity index (χ4n) is 2.18. The highest BCUT2D eigenvalue weighted by molar-refractivity contribution is 7.10. The second-order valence-corrected chi connectivity index (χ2v) is 5.47. The molecule has 0 amide bonds. The van der Waals surface area contributed by atoms with Crippen LogP contribution in [-0.4, -0.2) is 31.6 Å². The zero-order valence-corrected chi connectivity index (χ0v) is 10.4. The van der Waals surface area contributed by atoms with Gasteiger partial charge in [-0.1, -0.05) is 6.07 Å². The first-order valence-electron chi connectivity index (χ1n) is 5.71. The van der Waals surface area contributed by atoms with E-state index in [2.05, 4.69) is 41.7 Å². The Labute approximate surface area is 96.3 Å². The topological polar surface area (TPSA) is 15.3 Å². The molecule has 0 aromatic carbocycles. The number of thiophene rings is 1. The molecule has 2 heterocycles. The fourth-order valence-corrected chi connectivity index (χ4v) is 3.03. The lowest BCUT2D eigenvalue weighted by Crippen LogP contribution is -2.29. The van der Waals surface area contributed by atoms with Crippen LogP contribution in [0.15, 0.2) is 17.5 Å². The lowest BCUT2D eigenvalue weighted by atomic mass is 10.1. The van der Waals surface area contributed by atoms with Crippen LogP contribution in [0.1, 0.15) is 24.3 Å². The maximum atomic E-state index is 3.43. The van der Waals surface area contributed by atoms with Gasteiger partial charge >= 0.3 is 0 Å². The van der Waals surface area contributed by atoms with Crippen LogP contribution in [-0.2, 0) is 0 Å². The molecule has 1 aliphatic rings. The fraction of sp³-hybridized carbons (Fsp3) is 0.667. The Morgan fingerprint density at radius 1 is 1.67 bits per heavy atom. The summed E-state index contributed by atoms with van der Waals surface area (Å²) in [6.45, 7) is 5.91. The van der Waals surface area contributed by atoms with Gasteiger partial charge in [0.2, 0.25) is 0 Å². The van der Waals surface area contributed by atoms with Gasteiger partial charge in [-0.25, -0.2) is 0 Å². The van der Waals surface area contributed by atoms with E-state index in [0.29, 0.717) is 6.04 Å².